The van der Waals surface area contributed by atoms with E-state index in [1.54, 1.807) is 6.92 Å². The van der Waals surface area contributed by atoms with E-state index >= 15 is 0 Å². The molecule has 0 aliphatic heterocycles. The zero-order valence-electron chi connectivity index (χ0n) is 8.49. The van der Waals surface area contributed by atoms with Crippen LogP contribution in [0.1, 0.15) is 41.3 Å². The highest BCUT2D eigenvalue weighted by atomic mass is 16.1. The molecule has 0 radical (unpaired) electrons. The van der Waals surface area contributed by atoms with Crippen molar-refractivity contribution in [1.82, 2.24) is 0 Å². The molecule has 1 unspecified atom stereocenters. The summed E-state index contributed by atoms with van der Waals surface area (Å²) >= 11 is 0. The lowest BCUT2D eigenvalue weighted by atomic mass is 9.93. The number of carbonyl (C=O) groups is 2. The van der Waals surface area contributed by atoms with Crippen LogP contribution in [-0.4, -0.2) is 12.6 Å². The molecular formula is C12H14O2. The van der Waals surface area contributed by atoms with E-state index in [0.29, 0.717) is 5.56 Å². The predicted octanol–water partition coefficient (Wildman–Crippen LogP) is 2.36. The Balaban J connectivity index is 3.28. The van der Waals surface area contributed by atoms with Crippen molar-refractivity contribution in [2.45, 2.75) is 26.2 Å². The van der Waals surface area contributed by atoms with Crippen LogP contribution in [-0.2, 0) is 11.2 Å². The van der Waals surface area contributed by atoms with E-state index in [1.807, 2.05) is 25.1 Å². The lowest BCUT2D eigenvalue weighted by molar-refractivity contribution is -0.108. The zero-order valence-corrected chi connectivity index (χ0v) is 8.49. The average Bonchev–Trinajstić information content (AvgIpc) is 2.26. The maximum Gasteiger partial charge on any atom is 0.150 e. The monoisotopic (exact) mass is 190 g/mol. The molecular weight excluding hydrogens is 176 g/mol. The van der Waals surface area contributed by atoms with Crippen molar-refractivity contribution in [3.63, 3.8) is 0 Å². The second-order valence-electron chi connectivity index (χ2n) is 3.32. The third-order valence-corrected chi connectivity index (χ3v) is 2.42. The van der Waals surface area contributed by atoms with Crippen LogP contribution in [0.5, 0.6) is 0 Å². The fourth-order valence-electron chi connectivity index (χ4n) is 1.56. The second-order valence-corrected chi connectivity index (χ2v) is 3.32. The van der Waals surface area contributed by atoms with E-state index in [4.69, 9.17) is 0 Å². The van der Waals surface area contributed by atoms with Gasteiger partial charge in [0.25, 0.3) is 0 Å². The van der Waals surface area contributed by atoms with Crippen molar-refractivity contribution in [2.75, 3.05) is 0 Å². The molecule has 0 spiro atoms. The van der Waals surface area contributed by atoms with Crippen molar-refractivity contribution in [1.29, 1.82) is 0 Å². The molecule has 0 aromatic heterocycles. The Morgan fingerprint density at radius 3 is 2.57 bits per heavy atom. The fourth-order valence-corrected chi connectivity index (χ4v) is 1.56. The lowest BCUT2D eigenvalue weighted by Gasteiger charge is -2.10. The Kier molecular flexibility index (Phi) is 3.57. The van der Waals surface area contributed by atoms with Gasteiger partial charge in [0.1, 0.15) is 6.29 Å². The van der Waals surface area contributed by atoms with Gasteiger partial charge in [-0.1, -0.05) is 32.0 Å². The molecule has 2 nitrogen and oxygen atoms in total. The van der Waals surface area contributed by atoms with Gasteiger partial charge < -0.3 is 4.79 Å². The van der Waals surface area contributed by atoms with E-state index in [-0.39, 0.29) is 5.92 Å². The van der Waals surface area contributed by atoms with Crippen LogP contribution >= 0.6 is 0 Å². The van der Waals surface area contributed by atoms with Gasteiger partial charge in [-0.05, 0) is 17.5 Å². The lowest BCUT2D eigenvalue weighted by Crippen LogP contribution is -2.03. The van der Waals surface area contributed by atoms with E-state index in [1.165, 1.54) is 0 Å². The number of aryl methyl sites for hydroxylation is 1. The highest BCUT2D eigenvalue weighted by Gasteiger charge is 2.11. The molecule has 0 amide bonds. The van der Waals surface area contributed by atoms with Gasteiger partial charge in [-0.25, -0.2) is 0 Å². The molecule has 1 aromatic rings. The molecule has 1 atom stereocenters. The average molecular weight is 190 g/mol. The largest absolute Gasteiger partial charge is 0.303 e. The first kappa shape index (κ1) is 10.6. The van der Waals surface area contributed by atoms with Crippen molar-refractivity contribution < 1.29 is 9.59 Å². The van der Waals surface area contributed by atoms with Crippen LogP contribution in [0.15, 0.2) is 18.2 Å². The summed E-state index contributed by atoms with van der Waals surface area (Å²) < 4.78 is 0. The van der Waals surface area contributed by atoms with E-state index in [2.05, 4.69) is 0 Å². The summed E-state index contributed by atoms with van der Waals surface area (Å²) in [5.41, 5.74) is 2.51. The molecule has 0 aliphatic carbocycles. The summed E-state index contributed by atoms with van der Waals surface area (Å²) in [6.07, 6.45) is 2.52. The van der Waals surface area contributed by atoms with E-state index in [0.717, 1.165) is 30.1 Å². The Hall–Kier alpha value is -1.44. The third kappa shape index (κ3) is 1.90. The van der Waals surface area contributed by atoms with Crippen LogP contribution in [0, 0.1) is 0 Å². The molecule has 74 valence electrons. The van der Waals surface area contributed by atoms with Crippen LogP contribution in [0.4, 0.5) is 0 Å². The summed E-state index contributed by atoms with van der Waals surface area (Å²) in [6.45, 7) is 3.80. The van der Waals surface area contributed by atoms with Gasteiger partial charge in [-0.3, -0.25) is 4.79 Å². The Labute approximate surface area is 83.9 Å². The molecule has 2 heteroatoms. The molecule has 0 saturated heterocycles. The quantitative estimate of drug-likeness (QED) is 0.683. The van der Waals surface area contributed by atoms with Gasteiger partial charge >= 0.3 is 0 Å². The summed E-state index contributed by atoms with van der Waals surface area (Å²) in [5, 5.41) is 0. The normalized spacial score (nSPS) is 12.1. The maximum atomic E-state index is 10.9. The maximum absolute atomic E-state index is 10.9. The highest BCUT2D eigenvalue weighted by molar-refractivity contribution is 5.82. The molecule has 0 heterocycles. The fraction of sp³-hybridized carbons (Fsp3) is 0.333. The SMILES string of the molecule is CCc1cccc(C(C)C=O)c1C=O. The number of hydrogen-bond donors (Lipinski definition) is 0. The first-order valence-corrected chi connectivity index (χ1v) is 4.76. The second kappa shape index (κ2) is 4.70. The standard InChI is InChI=1S/C12H14O2/c1-3-10-5-4-6-11(9(2)7-13)12(10)8-14/h4-9H,3H2,1-2H3. The van der Waals surface area contributed by atoms with E-state index in [9.17, 15) is 9.59 Å². The van der Waals surface area contributed by atoms with Gasteiger partial charge in [0.15, 0.2) is 6.29 Å². The van der Waals surface area contributed by atoms with Gasteiger partial charge in [-0.2, -0.15) is 0 Å². The predicted molar refractivity (Wildman–Crippen MR) is 55.7 cm³/mol. The minimum Gasteiger partial charge on any atom is -0.303 e. The molecule has 0 saturated carbocycles. The summed E-state index contributed by atoms with van der Waals surface area (Å²) in [4.78, 5) is 21.6. The minimum atomic E-state index is -0.207. The molecule has 1 rings (SSSR count). The van der Waals surface area contributed by atoms with Crippen molar-refractivity contribution in [3.8, 4) is 0 Å². The molecule has 0 bridgehead atoms. The van der Waals surface area contributed by atoms with Gasteiger partial charge in [0, 0.05) is 11.5 Å². The van der Waals surface area contributed by atoms with Gasteiger partial charge in [-0.15, -0.1) is 0 Å². The molecule has 0 fully saturated rings. The number of carbonyl (C=O) groups excluding carboxylic acids is 2. The number of rotatable bonds is 4. The van der Waals surface area contributed by atoms with E-state index < -0.39 is 0 Å². The Bertz CT molecular complexity index is 342. The third-order valence-electron chi connectivity index (χ3n) is 2.42. The first-order chi connectivity index (χ1) is 6.74. The summed E-state index contributed by atoms with van der Waals surface area (Å²) in [7, 11) is 0. The summed E-state index contributed by atoms with van der Waals surface area (Å²) in [5.74, 6) is -0.207. The number of hydrogen-bond acceptors (Lipinski definition) is 2. The van der Waals surface area contributed by atoms with Crippen molar-refractivity contribution in [3.05, 3.63) is 34.9 Å². The van der Waals surface area contributed by atoms with Crippen LogP contribution in [0.3, 0.4) is 0 Å². The molecule has 0 aliphatic rings. The van der Waals surface area contributed by atoms with Crippen LogP contribution in [0.25, 0.3) is 0 Å². The Morgan fingerprint density at radius 2 is 2.07 bits per heavy atom. The Morgan fingerprint density at radius 1 is 1.36 bits per heavy atom. The van der Waals surface area contributed by atoms with Gasteiger partial charge in [0.05, 0.1) is 0 Å². The smallest absolute Gasteiger partial charge is 0.150 e. The highest BCUT2D eigenvalue weighted by Crippen LogP contribution is 2.20. The number of aldehydes is 2. The molecule has 14 heavy (non-hydrogen) atoms. The topological polar surface area (TPSA) is 34.1 Å². The zero-order chi connectivity index (χ0) is 10.6. The molecule has 1 aromatic carbocycles. The first-order valence-electron chi connectivity index (χ1n) is 4.76. The van der Waals surface area contributed by atoms with Crippen molar-refractivity contribution in [2.24, 2.45) is 0 Å². The van der Waals surface area contributed by atoms with Gasteiger partial charge in [0.2, 0.25) is 0 Å². The number of benzene rings is 1. The minimum absolute atomic E-state index is 0.207. The van der Waals surface area contributed by atoms with Crippen molar-refractivity contribution >= 4 is 12.6 Å². The van der Waals surface area contributed by atoms with Crippen LogP contribution in [0.2, 0.25) is 0 Å². The van der Waals surface area contributed by atoms with Crippen LogP contribution < -0.4 is 0 Å². The molecule has 0 N–H and O–H groups in total. The summed E-state index contributed by atoms with van der Waals surface area (Å²) in [6, 6.07) is 5.65.